The Bertz CT molecular complexity index is 3610. The van der Waals surface area contributed by atoms with Crippen molar-refractivity contribution < 1.29 is 85.1 Å². The van der Waals surface area contributed by atoms with Crippen LogP contribution in [0.3, 0.4) is 0 Å². The Morgan fingerprint density at radius 1 is 0.510 bits per heavy atom. The molecule has 4 fully saturated rings. The van der Waals surface area contributed by atoms with E-state index in [1.807, 2.05) is 13.8 Å². The minimum atomic E-state index is -1.14. The number of H-pyrrole nitrogens is 1. The number of aliphatic hydroxyl groups excluding tert-OH is 12. The van der Waals surface area contributed by atoms with Crippen molar-refractivity contribution >= 4 is 116 Å². The first-order valence-corrected chi connectivity index (χ1v) is 37.6. The van der Waals surface area contributed by atoms with Gasteiger partial charge in [0.1, 0.15) is 42.3 Å². The zero-order valence-electron chi connectivity index (χ0n) is 55.1. The second-order valence-corrected chi connectivity index (χ2v) is 28.8. The van der Waals surface area contributed by atoms with Gasteiger partial charge in [-0.05, 0) is 56.8 Å². The van der Waals surface area contributed by atoms with Crippen molar-refractivity contribution in [2.75, 3.05) is 81.6 Å². The third-order valence-electron chi connectivity index (χ3n) is 16.3. The van der Waals surface area contributed by atoms with Crippen molar-refractivity contribution in [2.24, 2.45) is 11.8 Å². The number of aliphatic hydroxyl groups is 12. The Labute approximate surface area is 605 Å². The number of aromatic amines is 1. The number of nitrogens with two attached hydrogens (primary N) is 1. The summed E-state index contributed by atoms with van der Waals surface area (Å²) < 4.78 is 24.3. The molecule has 6 aromatic heterocycles. The van der Waals surface area contributed by atoms with Crippen LogP contribution >= 0.6 is 81.9 Å². The maximum atomic E-state index is 12.2. The molecule has 0 radical (unpaired) electrons. The van der Waals surface area contributed by atoms with Crippen molar-refractivity contribution in [1.29, 1.82) is 0 Å². The number of anilines is 1. The molecule has 4 aliphatic carbocycles. The fourth-order valence-electron chi connectivity index (χ4n) is 11.4. The summed E-state index contributed by atoms with van der Waals surface area (Å²) in [6.45, 7) is 7.80. The Hall–Kier alpha value is -4.25. The number of nitrogens with one attached hydrogen (secondary N) is 1. The Balaban J connectivity index is 0.000000187. The molecule has 0 amide bonds. The second kappa shape index (κ2) is 40.9. The lowest BCUT2D eigenvalue weighted by Crippen LogP contribution is -2.33. The van der Waals surface area contributed by atoms with E-state index in [9.17, 15) is 55.8 Å². The first-order chi connectivity index (χ1) is 48.0. The molecule has 6 heterocycles. The number of nitro groups is 1. The number of aromatic nitrogens is 14. The van der Waals surface area contributed by atoms with Crippen LogP contribution in [-0.2, 0) is 31.8 Å². The van der Waals surface area contributed by atoms with Crippen LogP contribution in [0.25, 0.3) is 22.3 Å². The van der Waals surface area contributed by atoms with Crippen LogP contribution in [-0.4, -0.2) is 285 Å². The predicted octanol–water partition coefficient (Wildman–Crippen LogP) is 1.56. The highest BCUT2D eigenvalue weighted by molar-refractivity contribution is 7.99. The van der Waals surface area contributed by atoms with Crippen LogP contribution in [0.15, 0.2) is 25.4 Å². The maximum absolute atomic E-state index is 12.2. The van der Waals surface area contributed by atoms with Gasteiger partial charge >= 0.3 is 5.69 Å². The summed E-state index contributed by atoms with van der Waals surface area (Å²) in [6.07, 6.45) is -5.43. The molecule has 0 spiro atoms. The average Bonchev–Trinajstić information content (AvgIpc) is 1.61. The Morgan fingerprint density at radius 2 is 0.890 bits per heavy atom. The molecule has 0 aromatic carbocycles. The topological polar surface area (TPSA) is 533 Å². The largest absolute Gasteiger partial charge is 0.395 e. The van der Waals surface area contributed by atoms with Gasteiger partial charge in [0.2, 0.25) is 5.15 Å². The van der Waals surface area contributed by atoms with Gasteiger partial charge in [-0.15, -0.1) is 10.2 Å². The van der Waals surface area contributed by atoms with Crippen LogP contribution in [0.2, 0.25) is 15.5 Å². The minimum Gasteiger partial charge on any atom is -0.395 e. The zero-order chi connectivity index (χ0) is 72.9. The first-order valence-electron chi connectivity index (χ1n) is 32.5. The van der Waals surface area contributed by atoms with Crippen LogP contribution in [0.4, 0.5) is 11.4 Å². The SMILES string of the molecule is CCCSc1nc(Cl)c(N)c(C[C@@H]2C[C@H](OCCO)[C@@H](O)[C@H]2O)n1.CCCSc1nc(Cl)c([N+](=O)[O-])c(C[C@@H]2C[C@H](OCCO)[C@@H](O)[C@H]2O)n1.CCCSc1nc(Cl)c2nnn([C@@H]3C[C@H](OCCO)[C@@H](O)[C@H]3O)c2n1.CCCSc1nc2c(nnn2[C@@H]2C[C@H](OCCO)[C@@H](O)[C@H]2O)c(=O)[nH]1. The molecule has 0 bridgehead atoms. The number of nitrogen functional groups attached to an aromatic ring is 1. The number of hydrogen-bond acceptors (Lipinski definition) is 35. The third kappa shape index (κ3) is 21.5. The zero-order valence-corrected chi connectivity index (χ0v) is 60.7. The maximum Gasteiger partial charge on any atom is 0.327 e. The normalized spacial score (nSPS) is 26.4. The summed E-state index contributed by atoms with van der Waals surface area (Å²) in [4.78, 5) is 55.4. The van der Waals surface area contributed by atoms with Crippen LogP contribution in [0, 0.1) is 22.0 Å². The van der Waals surface area contributed by atoms with Crippen molar-refractivity contribution in [1.82, 2.24) is 69.9 Å². The van der Waals surface area contributed by atoms with Gasteiger partial charge in [-0.3, -0.25) is 19.9 Å². The van der Waals surface area contributed by atoms with E-state index in [2.05, 4.69) is 74.3 Å². The van der Waals surface area contributed by atoms with Crippen LogP contribution < -0.4 is 11.3 Å². The molecule has 6 aromatic rings. The molecule has 4 aliphatic rings. The van der Waals surface area contributed by atoms with Gasteiger partial charge in [-0.1, -0.05) is 120 Å². The van der Waals surface area contributed by atoms with E-state index in [0.29, 0.717) is 68.9 Å². The Morgan fingerprint density at radius 3 is 1.34 bits per heavy atom. The number of rotatable bonds is 31. The number of hydrogen-bond donors (Lipinski definition) is 14. The van der Waals surface area contributed by atoms with Crippen LogP contribution in [0.1, 0.15) is 103 Å². The third-order valence-corrected chi connectivity index (χ3v) is 21.3. The molecule has 0 unspecified atom stereocenters. The van der Waals surface area contributed by atoms with Gasteiger partial charge in [0.15, 0.2) is 53.3 Å². The first kappa shape index (κ1) is 83.0. The van der Waals surface area contributed by atoms with Gasteiger partial charge in [0.25, 0.3) is 5.56 Å². The average molecular weight is 1550 g/mol. The highest BCUT2D eigenvalue weighted by Crippen LogP contribution is 2.40. The lowest BCUT2D eigenvalue weighted by Gasteiger charge is -2.17. The summed E-state index contributed by atoms with van der Waals surface area (Å²) in [7, 11) is 0. The summed E-state index contributed by atoms with van der Waals surface area (Å²) in [6, 6.07) is -1.18. The molecule has 35 nitrogen and oxygen atoms in total. The lowest BCUT2D eigenvalue weighted by molar-refractivity contribution is -0.386. The summed E-state index contributed by atoms with van der Waals surface area (Å²) in [5.41, 5.74) is 7.33. The van der Waals surface area contributed by atoms with E-state index < -0.39 is 102 Å². The van der Waals surface area contributed by atoms with E-state index in [1.165, 1.54) is 56.4 Å². The molecular weight excluding hydrogens is 1460 g/mol. The van der Waals surface area contributed by atoms with E-state index >= 15 is 0 Å². The Kier molecular flexibility index (Phi) is 33.9. The fourth-order valence-corrected chi connectivity index (χ4v) is 15.1. The minimum absolute atomic E-state index is 0.0401. The number of ether oxygens (including phenoxy) is 4. The summed E-state index contributed by atoms with van der Waals surface area (Å²) in [5, 5.41) is 146. The van der Waals surface area contributed by atoms with Gasteiger partial charge in [-0.2, -0.15) is 0 Å². The molecule has 4 saturated carbocycles. The molecule has 42 heteroatoms. The monoisotopic (exact) mass is 1540 g/mol. The van der Waals surface area contributed by atoms with Gasteiger partial charge < -0.3 is 86.0 Å². The van der Waals surface area contributed by atoms with Gasteiger partial charge in [0, 0.05) is 42.3 Å². The number of thioether (sulfide) groups is 4. The van der Waals surface area contributed by atoms with Gasteiger partial charge in [0.05, 0.1) is 118 Å². The molecule has 10 rings (SSSR count). The predicted molar refractivity (Wildman–Crippen MR) is 370 cm³/mol. The van der Waals surface area contributed by atoms with E-state index in [4.69, 9.17) is 79.9 Å². The highest BCUT2D eigenvalue weighted by atomic mass is 35.5. The molecule has 558 valence electrons. The van der Waals surface area contributed by atoms with Crippen molar-refractivity contribution in [3.8, 4) is 0 Å². The molecular formula is C58H87Cl3N16O19S4. The quantitative estimate of drug-likeness (QED) is 0.00965. The second-order valence-electron chi connectivity index (χ2n) is 23.4. The summed E-state index contributed by atoms with van der Waals surface area (Å²) in [5.74, 6) is 2.54. The van der Waals surface area contributed by atoms with E-state index in [1.54, 1.807) is 0 Å². The van der Waals surface area contributed by atoms with Crippen molar-refractivity contribution in [3.63, 3.8) is 0 Å². The number of fused-ring (bicyclic) bond motifs is 2. The molecule has 0 saturated heterocycles. The molecule has 100 heavy (non-hydrogen) atoms. The van der Waals surface area contributed by atoms with Crippen LogP contribution in [0.5, 0.6) is 0 Å². The number of halogens is 3. The molecule has 16 atom stereocenters. The van der Waals surface area contributed by atoms with Gasteiger partial charge in [-0.25, -0.2) is 44.3 Å². The fraction of sp³-hybridized carbons (Fsp3) is 0.724. The smallest absolute Gasteiger partial charge is 0.327 e. The highest BCUT2D eigenvalue weighted by Gasteiger charge is 2.48. The summed E-state index contributed by atoms with van der Waals surface area (Å²) >= 11 is 24.0. The number of nitrogens with zero attached hydrogens (tertiary/aromatic N) is 14. The lowest BCUT2D eigenvalue weighted by atomic mass is 9.98. The van der Waals surface area contributed by atoms with E-state index in [-0.39, 0.29) is 110 Å². The molecule has 15 N–H and O–H groups in total. The van der Waals surface area contributed by atoms with E-state index in [0.717, 1.165) is 48.7 Å². The molecule has 0 aliphatic heterocycles. The standard InChI is InChI=1S/C15H22ClN3O6S.C15H24ClN3O4S.C14H20ClN5O4S.C14H21N5O5S/c1-2-5-26-15-17-9(11(19(23)24)14(16)18-15)6-8-7-10(25-4-3-20)13(22)12(8)21;1-2-5-24-15-18-9(11(17)14(16)19-15)6-8-7-10(23-4-3-20)13(22)12(8)21;1-2-5-25-14-16-12(15)9-13(17-14)20(19-18-9)7-6-8(24-4-3-21)11(23)10(7)22;1-2-5-25-14-15-12-9(13(23)16-14)17-18-19(12)7-6-8(24-4-3-20)11(22)10(7)21/h8,10,12-13,20-22H,2-7H2,1H3;8,10,12-13,20-22H,2-7,17H2,1H3;7-8,10-11,21-23H,2-6H2,1H3;7-8,10-11,20-22H,2-6H2,1H3,(H,15,16,23)/t2*8-,10+,12+,13-;2*7-,8+,10+,11-/m1111/s1. The van der Waals surface area contributed by atoms with Crippen molar-refractivity contribution in [2.45, 2.75) is 198 Å². The van der Waals surface area contributed by atoms with Crippen molar-refractivity contribution in [3.05, 3.63) is 47.3 Å².